The van der Waals surface area contributed by atoms with E-state index in [0.717, 1.165) is 51.4 Å². The largest absolute Gasteiger partial charge is 0.497 e. The summed E-state index contributed by atoms with van der Waals surface area (Å²) in [6.45, 7) is 2.96. The Hall–Kier alpha value is -1.27. The molecule has 0 saturated carbocycles. The van der Waals surface area contributed by atoms with Crippen molar-refractivity contribution in [3.63, 3.8) is 0 Å². The lowest BCUT2D eigenvalue weighted by atomic mass is 10.1. The summed E-state index contributed by atoms with van der Waals surface area (Å²) in [7, 11) is 2.99. The second-order valence-corrected chi connectivity index (χ2v) is 7.93. The van der Waals surface area contributed by atoms with Gasteiger partial charge in [0, 0.05) is 33.3 Å². The van der Waals surface area contributed by atoms with Crippen LogP contribution in [0.5, 0.6) is 5.75 Å². The third-order valence-corrected chi connectivity index (χ3v) is 5.80. The van der Waals surface area contributed by atoms with Crippen molar-refractivity contribution in [1.29, 1.82) is 0 Å². The van der Waals surface area contributed by atoms with Crippen LogP contribution in [0.4, 0.5) is 13.2 Å². The van der Waals surface area contributed by atoms with Crippen LogP contribution in [-0.4, -0.2) is 63.5 Å². The number of guanidine groups is 1. The summed E-state index contributed by atoms with van der Waals surface area (Å²) in [4.78, 5) is 6.32. The third-order valence-electron chi connectivity index (χ3n) is 5.80. The molecule has 2 saturated heterocycles. The third kappa shape index (κ3) is 7.65. The molecule has 2 aliphatic heterocycles. The van der Waals surface area contributed by atoms with Gasteiger partial charge in [-0.25, -0.2) is 0 Å². The minimum absolute atomic E-state index is 0. The highest BCUT2D eigenvalue weighted by Crippen LogP contribution is 2.34. The molecule has 182 valence electrons. The molecule has 1 atom stereocenters. The SMILES string of the molecule is CN=C(NCc1ccc(OC)cc1C(F)(F)F)N1CCC(OCC2CCCCO2)CC1.I. The van der Waals surface area contributed by atoms with Gasteiger partial charge in [-0.05, 0) is 49.8 Å². The lowest BCUT2D eigenvalue weighted by Gasteiger charge is -2.35. The quantitative estimate of drug-likeness (QED) is 0.311. The molecular weight excluding hydrogens is 538 g/mol. The average molecular weight is 571 g/mol. The van der Waals surface area contributed by atoms with Gasteiger partial charge in [0.25, 0.3) is 0 Å². The smallest absolute Gasteiger partial charge is 0.416 e. The van der Waals surface area contributed by atoms with Gasteiger partial charge in [-0.3, -0.25) is 4.99 Å². The first-order valence-corrected chi connectivity index (χ1v) is 10.8. The molecule has 0 spiro atoms. The van der Waals surface area contributed by atoms with E-state index in [0.29, 0.717) is 12.6 Å². The summed E-state index contributed by atoms with van der Waals surface area (Å²) in [5, 5.41) is 3.08. The summed E-state index contributed by atoms with van der Waals surface area (Å²) in [6, 6.07) is 4.00. The first-order chi connectivity index (χ1) is 14.9. The Labute approximate surface area is 204 Å². The highest BCUT2D eigenvalue weighted by Gasteiger charge is 2.34. The molecule has 1 unspecified atom stereocenters. The van der Waals surface area contributed by atoms with E-state index in [4.69, 9.17) is 14.2 Å². The number of nitrogens with zero attached hydrogens (tertiary/aromatic N) is 2. The number of piperidine rings is 1. The van der Waals surface area contributed by atoms with Gasteiger partial charge in [0.15, 0.2) is 5.96 Å². The molecule has 6 nitrogen and oxygen atoms in total. The van der Waals surface area contributed by atoms with Crippen molar-refractivity contribution in [2.45, 2.75) is 57.0 Å². The molecule has 2 aliphatic rings. The van der Waals surface area contributed by atoms with Crippen molar-refractivity contribution in [3.05, 3.63) is 29.3 Å². The van der Waals surface area contributed by atoms with Crippen LogP contribution in [0.3, 0.4) is 0 Å². The van der Waals surface area contributed by atoms with Crippen LogP contribution in [-0.2, 0) is 22.2 Å². The van der Waals surface area contributed by atoms with E-state index in [9.17, 15) is 13.2 Å². The van der Waals surface area contributed by atoms with Crippen LogP contribution < -0.4 is 10.1 Å². The van der Waals surface area contributed by atoms with Crippen molar-refractivity contribution in [2.24, 2.45) is 4.99 Å². The number of aliphatic imine (C=N–C) groups is 1. The van der Waals surface area contributed by atoms with Gasteiger partial charge in [0.05, 0.1) is 31.5 Å². The van der Waals surface area contributed by atoms with Gasteiger partial charge in [0.1, 0.15) is 5.75 Å². The standard InChI is InChI=1S/C22H32F3N3O3.HI/c1-26-21(27-14-16-6-7-18(29-2)13-20(16)22(23,24)25)28-10-8-17(9-11-28)31-15-19-5-3-4-12-30-19;/h6-7,13,17,19H,3-5,8-12,14-15H2,1-2H3,(H,26,27);1H. The highest BCUT2D eigenvalue weighted by molar-refractivity contribution is 14.0. The minimum atomic E-state index is -4.45. The molecule has 0 aromatic heterocycles. The Morgan fingerprint density at radius 1 is 1.22 bits per heavy atom. The number of benzene rings is 1. The zero-order valence-corrected chi connectivity index (χ0v) is 20.9. The summed E-state index contributed by atoms with van der Waals surface area (Å²) < 4.78 is 57.0. The topological polar surface area (TPSA) is 55.3 Å². The van der Waals surface area contributed by atoms with Gasteiger partial charge >= 0.3 is 6.18 Å². The van der Waals surface area contributed by atoms with Crippen LogP contribution in [0, 0.1) is 0 Å². The second-order valence-electron chi connectivity index (χ2n) is 7.93. The lowest BCUT2D eigenvalue weighted by Crippen LogP contribution is -2.47. The molecule has 0 bridgehead atoms. The zero-order valence-electron chi connectivity index (χ0n) is 18.6. The Morgan fingerprint density at radius 2 is 1.97 bits per heavy atom. The van der Waals surface area contributed by atoms with Crippen molar-refractivity contribution in [3.8, 4) is 5.75 Å². The van der Waals surface area contributed by atoms with Gasteiger partial charge in [-0.15, -0.1) is 24.0 Å². The summed E-state index contributed by atoms with van der Waals surface area (Å²) in [5.74, 6) is 0.777. The van der Waals surface area contributed by atoms with Crippen molar-refractivity contribution >= 4 is 29.9 Å². The summed E-state index contributed by atoms with van der Waals surface area (Å²) >= 11 is 0. The number of hydrogen-bond acceptors (Lipinski definition) is 4. The maximum Gasteiger partial charge on any atom is 0.416 e. The Bertz CT molecular complexity index is 735. The zero-order chi connectivity index (χ0) is 22.3. The number of methoxy groups -OCH3 is 1. The highest BCUT2D eigenvalue weighted by atomic mass is 127. The Kier molecular flexibility index (Phi) is 10.8. The van der Waals surface area contributed by atoms with Crippen LogP contribution >= 0.6 is 24.0 Å². The first kappa shape index (κ1) is 27.0. The molecule has 3 rings (SSSR count). The number of rotatable bonds is 6. The van der Waals surface area contributed by atoms with Crippen LogP contribution in [0.2, 0.25) is 0 Å². The van der Waals surface area contributed by atoms with E-state index in [2.05, 4.69) is 15.2 Å². The van der Waals surface area contributed by atoms with Gasteiger partial charge < -0.3 is 24.4 Å². The molecule has 1 aromatic carbocycles. The monoisotopic (exact) mass is 571 g/mol. The van der Waals surface area contributed by atoms with E-state index in [1.165, 1.54) is 25.7 Å². The van der Waals surface area contributed by atoms with Gasteiger partial charge in [-0.2, -0.15) is 13.2 Å². The van der Waals surface area contributed by atoms with Crippen LogP contribution in [0.1, 0.15) is 43.2 Å². The molecule has 2 heterocycles. The fourth-order valence-electron chi connectivity index (χ4n) is 4.02. The fourth-order valence-corrected chi connectivity index (χ4v) is 4.02. The van der Waals surface area contributed by atoms with E-state index >= 15 is 0 Å². The van der Waals surface area contributed by atoms with Crippen molar-refractivity contribution < 1.29 is 27.4 Å². The summed E-state index contributed by atoms with van der Waals surface area (Å²) in [6.07, 6.45) is 1.01. The predicted octanol–water partition coefficient (Wildman–Crippen LogP) is 4.46. The van der Waals surface area contributed by atoms with E-state index in [1.54, 1.807) is 7.05 Å². The molecule has 0 radical (unpaired) electrons. The molecule has 10 heteroatoms. The number of halogens is 4. The molecule has 32 heavy (non-hydrogen) atoms. The average Bonchev–Trinajstić information content (AvgIpc) is 2.79. The lowest BCUT2D eigenvalue weighted by molar-refractivity contribution is -0.138. The normalized spacial score (nSPS) is 20.6. The van der Waals surface area contributed by atoms with Crippen molar-refractivity contribution in [1.82, 2.24) is 10.2 Å². The first-order valence-electron chi connectivity index (χ1n) is 10.8. The Balaban J connectivity index is 0.00000363. The van der Waals surface area contributed by atoms with Gasteiger partial charge in [0.2, 0.25) is 0 Å². The van der Waals surface area contributed by atoms with E-state index in [1.807, 2.05) is 0 Å². The maximum absolute atomic E-state index is 13.4. The van der Waals surface area contributed by atoms with Crippen LogP contribution in [0.15, 0.2) is 23.2 Å². The number of hydrogen-bond donors (Lipinski definition) is 1. The maximum atomic E-state index is 13.4. The second kappa shape index (κ2) is 12.8. The van der Waals surface area contributed by atoms with Gasteiger partial charge in [-0.1, -0.05) is 6.07 Å². The minimum Gasteiger partial charge on any atom is -0.497 e. The number of nitrogens with one attached hydrogen (secondary N) is 1. The van der Waals surface area contributed by atoms with E-state index in [-0.39, 0.29) is 54.0 Å². The Morgan fingerprint density at radius 3 is 2.56 bits per heavy atom. The molecule has 2 fully saturated rings. The van der Waals surface area contributed by atoms with Crippen LogP contribution in [0.25, 0.3) is 0 Å². The molecule has 0 amide bonds. The van der Waals surface area contributed by atoms with Crippen molar-refractivity contribution in [2.75, 3.05) is 40.5 Å². The molecule has 0 aliphatic carbocycles. The molecular formula is C22H33F3IN3O3. The number of ether oxygens (including phenoxy) is 3. The molecule has 1 N–H and O–H groups in total. The number of alkyl halides is 3. The number of likely N-dealkylation sites (tertiary alicyclic amines) is 1. The fraction of sp³-hybridized carbons (Fsp3) is 0.682. The predicted molar refractivity (Wildman–Crippen MR) is 128 cm³/mol. The molecule has 1 aromatic rings. The van der Waals surface area contributed by atoms with E-state index < -0.39 is 11.7 Å². The summed E-state index contributed by atoms with van der Waals surface area (Å²) in [5.41, 5.74) is -0.549.